The summed E-state index contributed by atoms with van der Waals surface area (Å²) >= 11 is 4.09. The SMILES string of the molecule is NC(N)=S.Nc1nc(N)nc(-c2ccccc2)n1. The van der Waals surface area contributed by atoms with Gasteiger partial charge in [0, 0.05) is 5.56 Å². The molecule has 0 spiro atoms. The molecular weight excluding hydrogens is 250 g/mol. The molecule has 8 N–H and O–H groups in total. The lowest BCUT2D eigenvalue weighted by Crippen LogP contribution is -2.18. The molecule has 0 aliphatic carbocycles. The second-order valence-corrected chi connectivity index (χ2v) is 3.62. The molecule has 2 rings (SSSR count). The van der Waals surface area contributed by atoms with Crippen LogP contribution in [0.25, 0.3) is 11.4 Å². The predicted molar refractivity (Wildman–Crippen MR) is 75.1 cm³/mol. The van der Waals surface area contributed by atoms with E-state index >= 15 is 0 Å². The minimum atomic E-state index is 0.000000000000000222. The zero-order valence-corrected chi connectivity index (χ0v) is 10.3. The molecular formula is C10H13N7S. The van der Waals surface area contributed by atoms with Crippen molar-refractivity contribution in [1.82, 2.24) is 15.0 Å². The van der Waals surface area contributed by atoms with E-state index in [4.69, 9.17) is 11.5 Å². The lowest BCUT2D eigenvalue weighted by atomic mass is 10.2. The van der Waals surface area contributed by atoms with Gasteiger partial charge in [0.25, 0.3) is 0 Å². The van der Waals surface area contributed by atoms with Gasteiger partial charge in [-0.05, 0) is 12.2 Å². The molecule has 0 radical (unpaired) electrons. The Morgan fingerprint density at radius 2 is 1.33 bits per heavy atom. The van der Waals surface area contributed by atoms with E-state index in [0.717, 1.165) is 5.56 Å². The molecule has 0 saturated carbocycles. The van der Waals surface area contributed by atoms with Crippen molar-refractivity contribution < 1.29 is 0 Å². The van der Waals surface area contributed by atoms with Gasteiger partial charge in [-0.25, -0.2) is 0 Å². The predicted octanol–water partition coefficient (Wildman–Crippen LogP) is -0.108. The highest BCUT2D eigenvalue weighted by atomic mass is 32.1. The van der Waals surface area contributed by atoms with Gasteiger partial charge in [0.05, 0.1) is 0 Å². The van der Waals surface area contributed by atoms with E-state index < -0.39 is 0 Å². The molecule has 8 heteroatoms. The molecule has 0 saturated heterocycles. The van der Waals surface area contributed by atoms with Crippen molar-refractivity contribution in [2.45, 2.75) is 0 Å². The molecule has 0 amide bonds. The van der Waals surface area contributed by atoms with E-state index in [2.05, 4.69) is 38.6 Å². The van der Waals surface area contributed by atoms with Crippen LogP contribution in [0, 0.1) is 0 Å². The number of anilines is 2. The smallest absolute Gasteiger partial charge is 0.225 e. The topological polar surface area (TPSA) is 143 Å². The van der Waals surface area contributed by atoms with Gasteiger partial charge in [-0.2, -0.15) is 15.0 Å². The van der Waals surface area contributed by atoms with Crippen molar-refractivity contribution in [2.24, 2.45) is 11.5 Å². The molecule has 94 valence electrons. The van der Waals surface area contributed by atoms with Crippen molar-refractivity contribution in [1.29, 1.82) is 0 Å². The molecule has 0 unspecified atom stereocenters. The van der Waals surface area contributed by atoms with E-state index in [0.29, 0.717) is 5.82 Å². The Balaban J connectivity index is 0.000000357. The highest BCUT2D eigenvalue weighted by Gasteiger charge is 2.03. The molecule has 1 heterocycles. The Bertz CT molecular complexity index is 505. The van der Waals surface area contributed by atoms with Crippen LogP contribution in [0.4, 0.5) is 11.9 Å². The van der Waals surface area contributed by atoms with Gasteiger partial charge in [0.1, 0.15) is 0 Å². The van der Waals surface area contributed by atoms with Gasteiger partial charge in [0.15, 0.2) is 10.9 Å². The maximum atomic E-state index is 5.45. The Morgan fingerprint density at radius 3 is 1.78 bits per heavy atom. The second-order valence-electron chi connectivity index (χ2n) is 3.14. The summed E-state index contributed by atoms with van der Waals surface area (Å²) < 4.78 is 0. The summed E-state index contributed by atoms with van der Waals surface area (Å²) in [6, 6.07) is 9.47. The Kier molecular flexibility index (Phi) is 4.76. The van der Waals surface area contributed by atoms with E-state index in [9.17, 15) is 0 Å². The van der Waals surface area contributed by atoms with E-state index in [1.165, 1.54) is 0 Å². The summed E-state index contributed by atoms with van der Waals surface area (Å²) in [5.41, 5.74) is 21.0. The van der Waals surface area contributed by atoms with Crippen LogP contribution in [-0.2, 0) is 0 Å². The first-order chi connectivity index (χ1) is 8.49. The molecule has 2 aromatic rings. The molecule has 0 aliphatic rings. The van der Waals surface area contributed by atoms with E-state index in [-0.39, 0.29) is 17.0 Å². The standard InChI is InChI=1S/C9H9N5.CH4N2S/c10-8-12-7(13-9(11)14-8)6-4-2-1-3-5-6;2-1(3)4/h1-5H,(H4,10,11,12,13,14);(H4,2,3,4). The third kappa shape index (κ3) is 4.58. The molecule has 0 aliphatic heterocycles. The van der Waals surface area contributed by atoms with Gasteiger partial charge < -0.3 is 22.9 Å². The third-order valence-electron chi connectivity index (χ3n) is 1.70. The number of nitrogen functional groups attached to an aromatic ring is 2. The van der Waals surface area contributed by atoms with Crippen molar-refractivity contribution >= 4 is 29.2 Å². The number of thiocarbonyl (C=S) groups is 1. The monoisotopic (exact) mass is 263 g/mol. The van der Waals surface area contributed by atoms with Gasteiger partial charge in [0.2, 0.25) is 11.9 Å². The fourth-order valence-electron chi connectivity index (χ4n) is 1.13. The third-order valence-corrected chi connectivity index (χ3v) is 1.70. The Labute approximate surface area is 109 Å². The fraction of sp³-hybridized carbons (Fsp3) is 0. The average molecular weight is 263 g/mol. The number of aromatic nitrogens is 3. The Hall–Kier alpha value is -2.48. The summed E-state index contributed by atoms with van der Waals surface area (Å²) in [5.74, 6) is 0.767. The quantitative estimate of drug-likeness (QED) is 0.522. The molecule has 0 fully saturated rings. The number of benzene rings is 1. The van der Waals surface area contributed by atoms with Crippen LogP contribution >= 0.6 is 12.2 Å². The second kappa shape index (κ2) is 6.30. The van der Waals surface area contributed by atoms with E-state index in [1.807, 2.05) is 30.3 Å². The summed E-state index contributed by atoms with van der Waals surface area (Å²) in [4.78, 5) is 11.7. The van der Waals surface area contributed by atoms with Gasteiger partial charge >= 0.3 is 0 Å². The maximum absolute atomic E-state index is 5.45. The zero-order valence-electron chi connectivity index (χ0n) is 9.45. The molecule has 18 heavy (non-hydrogen) atoms. The Morgan fingerprint density at radius 1 is 0.889 bits per heavy atom. The van der Waals surface area contributed by atoms with Crippen LogP contribution < -0.4 is 22.9 Å². The molecule has 1 aromatic carbocycles. The average Bonchev–Trinajstić information content (AvgIpc) is 2.28. The molecule has 7 nitrogen and oxygen atoms in total. The first-order valence-corrected chi connectivity index (χ1v) is 5.27. The van der Waals surface area contributed by atoms with Gasteiger partial charge in [-0.1, -0.05) is 30.3 Å². The largest absolute Gasteiger partial charge is 0.377 e. The molecule has 0 atom stereocenters. The number of hydrogen-bond donors (Lipinski definition) is 4. The fourth-order valence-corrected chi connectivity index (χ4v) is 1.13. The number of hydrogen-bond acceptors (Lipinski definition) is 6. The minimum Gasteiger partial charge on any atom is -0.377 e. The van der Waals surface area contributed by atoms with Gasteiger partial charge in [-0.15, -0.1) is 0 Å². The maximum Gasteiger partial charge on any atom is 0.225 e. The first-order valence-electron chi connectivity index (χ1n) is 4.86. The lowest BCUT2D eigenvalue weighted by Gasteiger charge is -2.00. The van der Waals surface area contributed by atoms with Crippen molar-refractivity contribution in [3.8, 4) is 11.4 Å². The van der Waals surface area contributed by atoms with Crippen molar-refractivity contribution in [3.05, 3.63) is 30.3 Å². The summed E-state index contributed by atoms with van der Waals surface area (Å²) in [5, 5.41) is 0.000000000000000222. The highest BCUT2D eigenvalue weighted by molar-refractivity contribution is 7.80. The van der Waals surface area contributed by atoms with Crippen molar-refractivity contribution in [2.75, 3.05) is 11.5 Å². The van der Waals surface area contributed by atoms with Crippen LogP contribution in [0.2, 0.25) is 0 Å². The van der Waals surface area contributed by atoms with Crippen LogP contribution in [-0.4, -0.2) is 20.1 Å². The first kappa shape index (κ1) is 13.6. The zero-order chi connectivity index (χ0) is 13.5. The lowest BCUT2D eigenvalue weighted by molar-refractivity contribution is 1.09. The number of nitrogens with zero attached hydrogens (tertiary/aromatic N) is 3. The summed E-state index contributed by atoms with van der Waals surface area (Å²) in [6.45, 7) is 0. The van der Waals surface area contributed by atoms with Crippen LogP contribution in [0.1, 0.15) is 0 Å². The van der Waals surface area contributed by atoms with Crippen LogP contribution in [0.15, 0.2) is 30.3 Å². The molecule has 1 aromatic heterocycles. The minimum absolute atomic E-state index is 0.000000000000000222. The number of rotatable bonds is 1. The molecule has 0 bridgehead atoms. The van der Waals surface area contributed by atoms with Crippen molar-refractivity contribution in [3.63, 3.8) is 0 Å². The highest BCUT2D eigenvalue weighted by Crippen LogP contribution is 2.14. The normalized spacial score (nSPS) is 9.11. The van der Waals surface area contributed by atoms with E-state index in [1.54, 1.807) is 0 Å². The van der Waals surface area contributed by atoms with Crippen LogP contribution in [0.5, 0.6) is 0 Å². The number of nitrogens with two attached hydrogens (primary N) is 4. The van der Waals surface area contributed by atoms with Gasteiger partial charge in [-0.3, -0.25) is 0 Å². The summed E-state index contributed by atoms with van der Waals surface area (Å²) in [7, 11) is 0. The summed E-state index contributed by atoms with van der Waals surface area (Å²) in [6.07, 6.45) is 0. The van der Waals surface area contributed by atoms with Crippen LogP contribution in [0.3, 0.4) is 0 Å².